The van der Waals surface area contributed by atoms with Crippen LogP contribution in [0.25, 0.3) is 0 Å². The van der Waals surface area contributed by atoms with Gasteiger partial charge in [0.25, 0.3) is 0 Å². The third kappa shape index (κ3) is 3.04. The van der Waals surface area contributed by atoms with Crippen molar-refractivity contribution in [1.29, 1.82) is 0 Å². The Morgan fingerprint density at radius 3 is 2.94 bits per heavy atom. The fourth-order valence-electron chi connectivity index (χ4n) is 1.74. The lowest BCUT2D eigenvalue weighted by molar-refractivity contribution is -0.135. The molecule has 0 unspecified atom stereocenters. The van der Waals surface area contributed by atoms with Crippen molar-refractivity contribution in [3.63, 3.8) is 0 Å². The van der Waals surface area contributed by atoms with E-state index in [1.807, 2.05) is 0 Å². The molecule has 0 radical (unpaired) electrons. The summed E-state index contributed by atoms with van der Waals surface area (Å²) in [6.07, 6.45) is 0. The third-order valence-electron chi connectivity index (χ3n) is 2.67. The van der Waals surface area contributed by atoms with Crippen LogP contribution >= 0.6 is 0 Å². The Labute approximate surface area is 104 Å². The number of halogens is 1. The van der Waals surface area contributed by atoms with Crippen LogP contribution < -0.4 is 10.6 Å². The van der Waals surface area contributed by atoms with Gasteiger partial charge in [-0.2, -0.15) is 0 Å². The maximum absolute atomic E-state index is 13.3. The van der Waals surface area contributed by atoms with Crippen molar-refractivity contribution in [2.24, 2.45) is 0 Å². The van der Waals surface area contributed by atoms with Crippen LogP contribution in [-0.4, -0.2) is 42.9 Å². The molecule has 96 valence electrons. The molecule has 0 aliphatic carbocycles. The molecule has 5 nitrogen and oxygen atoms in total. The summed E-state index contributed by atoms with van der Waals surface area (Å²) in [5.74, 6) is -1.00. The van der Waals surface area contributed by atoms with Crippen molar-refractivity contribution in [3.05, 3.63) is 30.1 Å². The fraction of sp³-hybridized carbons (Fsp3) is 0.333. The predicted octanol–water partition coefficient (Wildman–Crippen LogP) is 0.196. The molecule has 6 heteroatoms. The molecule has 0 saturated carbocycles. The fourth-order valence-corrected chi connectivity index (χ4v) is 1.74. The summed E-state index contributed by atoms with van der Waals surface area (Å²) < 4.78 is 13.3. The molecule has 2 N–H and O–H groups in total. The van der Waals surface area contributed by atoms with Crippen LogP contribution in [0, 0.1) is 5.82 Å². The average molecular weight is 251 g/mol. The van der Waals surface area contributed by atoms with E-state index in [9.17, 15) is 14.0 Å². The normalized spacial score (nSPS) is 15.6. The lowest BCUT2D eigenvalue weighted by Gasteiger charge is -2.26. The van der Waals surface area contributed by atoms with E-state index in [0.717, 1.165) is 0 Å². The van der Waals surface area contributed by atoms with Crippen molar-refractivity contribution in [1.82, 2.24) is 10.2 Å². The average Bonchev–Trinajstić information content (AvgIpc) is 2.35. The number of rotatable bonds is 3. The SMILES string of the molecule is O=C(CN1CCNCC1=O)Nc1ccccc1F. The molecule has 0 spiro atoms. The first-order valence-electron chi connectivity index (χ1n) is 5.69. The largest absolute Gasteiger partial charge is 0.331 e. The standard InChI is InChI=1S/C12H14FN3O2/c13-9-3-1-2-4-10(9)15-11(17)8-16-6-5-14-7-12(16)18/h1-4,14H,5-8H2,(H,15,17). The maximum Gasteiger partial charge on any atom is 0.244 e. The van der Waals surface area contributed by atoms with Gasteiger partial charge in [0, 0.05) is 13.1 Å². The second kappa shape index (κ2) is 5.59. The highest BCUT2D eigenvalue weighted by atomic mass is 19.1. The number of nitrogens with zero attached hydrogens (tertiary/aromatic N) is 1. The number of carbonyl (C=O) groups excluding carboxylic acids is 2. The monoisotopic (exact) mass is 251 g/mol. The first-order valence-corrected chi connectivity index (χ1v) is 5.69. The van der Waals surface area contributed by atoms with Crippen molar-refractivity contribution >= 4 is 17.5 Å². The summed E-state index contributed by atoms with van der Waals surface area (Å²) in [6, 6.07) is 5.93. The lowest BCUT2D eigenvalue weighted by Crippen LogP contribution is -2.50. The van der Waals surface area contributed by atoms with E-state index in [0.29, 0.717) is 13.1 Å². The second-order valence-electron chi connectivity index (χ2n) is 4.02. The van der Waals surface area contributed by atoms with Crippen LogP contribution in [0.4, 0.5) is 10.1 Å². The Bertz CT molecular complexity index is 464. The molecule has 1 aromatic carbocycles. The van der Waals surface area contributed by atoms with E-state index < -0.39 is 11.7 Å². The van der Waals surface area contributed by atoms with Gasteiger partial charge in [0.1, 0.15) is 5.82 Å². The Morgan fingerprint density at radius 1 is 1.44 bits per heavy atom. The van der Waals surface area contributed by atoms with Gasteiger partial charge in [-0.05, 0) is 12.1 Å². The summed E-state index contributed by atoms with van der Waals surface area (Å²) in [4.78, 5) is 24.6. The van der Waals surface area contributed by atoms with E-state index in [4.69, 9.17) is 0 Å². The third-order valence-corrected chi connectivity index (χ3v) is 2.67. The lowest BCUT2D eigenvalue weighted by atomic mass is 10.3. The Morgan fingerprint density at radius 2 is 2.22 bits per heavy atom. The van der Waals surface area contributed by atoms with E-state index in [1.165, 1.54) is 17.0 Å². The molecule has 1 fully saturated rings. The van der Waals surface area contributed by atoms with E-state index in [2.05, 4.69) is 10.6 Å². The molecule has 0 aromatic heterocycles. The van der Waals surface area contributed by atoms with Crippen LogP contribution in [-0.2, 0) is 9.59 Å². The summed E-state index contributed by atoms with van der Waals surface area (Å²) in [7, 11) is 0. The molecule has 2 amide bonds. The van der Waals surface area contributed by atoms with Gasteiger partial charge in [-0.3, -0.25) is 9.59 Å². The number of amides is 2. The van der Waals surface area contributed by atoms with Crippen LogP contribution in [0.2, 0.25) is 0 Å². The zero-order valence-corrected chi connectivity index (χ0v) is 9.78. The summed E-state index contributed by atoms with van der Waals surface area (Å²) in [6.45, 7) is 1.35. The minimum Gasteiger partial charge on any atom is -0.331 e. The zero-order chi connectivity index (χ0) is 13.0. The van der Waals surface area contributed by atoms with Crippen LogP contribution in [0.1, 0.15) is 0 Å². The molecule has 0 bridgehead atoms. The molecular formula is C12H14FN3O2. The van der Waals surface area contributed by atoms with E-state index >= 15 is 0 Å². The molecule has 2 rings (SSSR count). The predicted molar refractivity (Wildman–Crippen MR) is 64.5 cm³/mol. The summed E-state index contributed by atoms with van der Waals surface area (Å²) in [5.41, 5.74) is 0.130. The van der Waals surface area contributed by atoms with Gasteiger partial charge in [0.2, 0.25) is 11.8 Å². The number of para-hydroxylation sites is 1. The quantitative estimate of drug-likeness (QED) is 0.806. The highest BCUT2D eigenvalue weighted by Gasteiger charge is 2.20. The first-order chi connectivity index (χ1) is 8.66. The molecular weight excluding hydrogens is 237 g/mol. The van der Waals surface area contributed by atoms with Gasteiger partial charge in [-0.15, -0.1) is 0 Å². The molecule has 1 saturated heterocycles. The highest BCUT2D eigenvalue weighted by Crippen LogP contribution is 2.12. The van der Waals surface area contributed by atoms with Crippen molar-refractivity contribution in [2.75, 3.05) is 31.5 Å². The Hall–Kier alpha value is -1.95. The number of hydrogen-bond donors (Lipinski definition) is 2. The maximum atomic E-state index is 13.3. The second-order valence-corrected chi connectivity index (χ2v) is 4.02. The highest BCUT2D eigenvalue weighted by molar-refractivity contribution is 5.95. The summed E-state index contributed by atoms with van der Waals surface area (Å²) >= 11 is 0. The van der Waals surface area contributed by atoms with Gasteiger partial charge in [-0.1, -0.05) is 12.1 Å². The summed E-state index contributed by atoms with van der Waals surface area (Å²) in [5, 5.41) is 5.36. The number of anilines is 1. The Kier molecular flexibility index (Phi) is 3.88. The minimum atomic E-state index is -0.488. The topological polar surface area (TPSA) is 61.4 Å². The number of carbonyl (C=O) groups is 2. The van der Waals surface area contributed by atoms with Gasteiger partial charge in [0.05, 0.1) is 18.8 Å². The molecule has 1 aliphatic heterocycles. The number of hydrogen-bond acceptors (Lipinski definition) is 3. The van der Waals surface area contributed by atoms with Gasteiger partial charge in [0.15, 0.2) is 0 Å². The molecule has 1 aromatic rings. The minimum absolute atomic E-state index is 0.0468. The van der Waals surface area contributed by atoms with Gasteiger partial charge in [-0.25, -0.2) is 4.39 Å². The first kappa shape index (κ1) is 12.5. The zero-order valence-electron chi connectivity index (χ0n) is 9.78. The van der Waals surface area contributed by atoms with Crippen LogP contribution in [0.15, 0.2) is 24.3 Å². The van der Waals surface area contributed by atoms with Crippen LogP contribution in [0.3, 0.4) is 0 Å². The molecule has 18 heavy (non-hydrogen) atoms. The van der Waals surface area contributed by atoms with E-state index in [1.54, 1.807) is 12.1 Å². The number of piperazine rings is 1. The van der Waals surface area contributed by atoms with Crippen molar-refractivity contribution < 1.29 is 14.0 Å². The molecule has 0 atom stereocenters. The van der Waals surface area contributed by atoms with Crippen molar-refractivity contribution in [2.45, 2.75) is 0 Å². The van der Waals surface area contributed by atoms with Crippen LogP contribution in [0.5, 0.6) is 0 Å². The van der Waals surface area contributed by atoms with E-state index in [-0.39, 0.29) is 24.7 Å². The van der Waals surface area contributed by atoms with Gasteiger partial charge < -0.3 is 15.5 Å². The number of benzene rings is 1. The van der Waals surface area contributed by atoms with Gasteiger partial charge >= 0.3 is 0 Å². The smallest absolute Gasteiger partial charge is 0.244 e. The Balaban J connectivity index is 1.92. The molecule has 1 heterocycles. The molecule has 1 aliphatic rings. The van der Waals surface area contributed by atoms with Crippen molar-refractivity contribution in [3.8, 4) is 0 Å². The number of nitrogens with one attached hydrogen (secondary N) is 2.